The molecular formula is C19H14BrFN2O3S. The topological polar surface area (TPSA) is 68.3 Å². The van der Waals surface area contributed by atoms with Crippen molar-refractivity contribution in [3.05, 3.63) is 63.7 Å². The van der Waals surface area contributed by atoms with Crippen LogP contribution in [0, 0.1) is 5.82 Å². The van der Waals surface area contributed by atoms with E-state index in [0.29, 0.717) is 25.9 Å². The van der Waals surface area contributed by atoms with Gasteiger partial charge >= 0.3 is 0 Å². The first-order valence-electron chi connectivity index (χ1n) is 7.89. The lowest BCUT2D eigenvalue weighted by atomic mass is 10.1. The standard InChI is InChI=1S/C19H14BrFN2O3S/c1-11(24)18-17(12-5-3-2-4-6-12)23-19(27-18)22-16(25)10-26-15-8-7-13(21)9-14(15)20/h2-9H,10H2,1H3,(H,22,23,25). The molecule has 1 N–H and O–H groups in total. The SMILES string of the molecule is CC(=O)c1sc(NC(=O)COc2ccc(F)cc2Br)nc1-c1ccccc1. The summed E-state index contributed by atoms with van der Waals surface area (Å²) in [6.07, 6.45) is 0. The quantitative estimate of drug-likeness (QED) is 0.542. The zero-order valence-electron chi connectivity index (χ0n) is 14.2. The normalized spacial score (nSPS) is 10.5. The third kappa shape index (κ3) is 4.78. The summed E-state index contributed by atoms with van der Waals surface area (Å²) >= 11 is 4.28. The van der Waals surface area contributed by atoms with E-state index in [0.717, 1.165) is 16.9 Å². The minimum absolute atomic E-state index is 0.127. The molecule has 0 aliphatic heterocycles. The summed E-state index contributed by atoms with van der Waals surface area (Å²) in [4.78, 5) is 28.9. The molecule has 0 bridgehead atoms. The van der Waals surface area contributed by atoms with Crippen molar-refractivity contribution in [1.82, 2.24) is 4.98 Å². The fourth-order valence-corrected chi connectivity index (χ4v) is 3.66. The number of amides is 1. The highest BCUT2D eigenvalue weighted by molar-refractivity contribution is 9.10. The average Bonchev–Trinajstić information content (AvgIpc) is 3.06. The molecule has 0 saturated carbocycles. The first-order chi connectivity index (χ1) is 12.9. The van der Waals surface area contributed by atoms with Gasteiger partial charge in [0.1, 0.15) is 11.6 Å². The van der Waals surface area contributed by atoms with Crippen LogP contribution >= 0.6 is 27.3 Å². The molecule has 8 heteroatoms. The van der Waals surface area contributed by atoms with Gasteiger partial charge in [0, 0.05) is 12.5 Å². The van der Waals surface area contributed by atoms with Crippen LogP contribution in [0.3, 0.4) is 0 Å². The van der Waals surface area contributed by atoms with Gasteiger partial charge in [0.2, 0.25) is 0 Å². The number of thiazole rings is 1. The summed E-state index contributed by atoms with van der Waals surface area (Å²) in [5.74, 6) is -0.625. The lowest BCUT2D eigenvalue weighted by Crippen LogP contribution is -2.20. The Labute approximate surface area is 167 Å². The van der Waals surface area contributed by atoms with Gasteiger partial charge in [-0.1, -0.05) is 41.7 Å². The van der Waals surface area contributed by atoms with Gasteiger partial charge in [-0.15, -0.1) is 0 Å². The second-order valence-corrected chi connectivity index (χ2v) is 7.38. The zero-order valence-corrected chi connectivity index (χ0v) is 16.6. The van der Waals surface area contributed by atoms with Crippen LogP contribution in [-0.4, -0.2) is 23.3 Å². The Hall–Kier alpha value is -2.58. The molecule has 0 spiro atoms. The van der Waals surface area contributed by atoms with Crippen LogP contribution in [-0.2, 0) is 4.79 Å². The van der Waals surface area contributed by atoms with Crippen LogP contribution in [0.15, 0.2) is 53.0 Å². The second-order valence-electron chi connectivity index (χ2n) is 5.53. The number of ketones is 1. The van der Waals surface area contributed by atoms with Crippen LogP contribution in [0.5, 0.6) is 5.75 Å². The molecule has 1 amide bonds. The predicted octanol–water partition coefficient (Wildman–Crippen LogP) is 4.93. The predicted molar refractivity (Wildman–Crippen MR) is 106 cm³/mol. The minimum Gasteiger partial charge on any atom is -0.483 e. The van der Waals surface area contributed by atoms with Crippen molar-refractivity contribution in [3.8, 4) is 17.0 Å². The number of rotatable bonds is 6. The molecule has 0 atom stereocenters. The van der Waals surface area contributed by atoms with Gasteiger partial charge in [-0.25, -0.2) is 9.37 Å². The van der Waals surface area contributed by atoms with Crippen molar-refractivity contribution >= 4 is 44.1 Å². The van der Waals surface area contributed by atoms with Crippen LogP contribution < -0.4 is 10.1 Å². The summed E-state index contributed by atoms with van der Waals surface area (Å²) in [7, 11) is 0. The maximum absolute atomic E-state index is 13.1. The number of nitrogens with one attached hydrogen (secondary N) is 1. The fourth-order valence-electron chi connectivity index (χ4n) is 2.29. The highest BCUT2D eigenvalue weighted by Crippen LogP contribution is 2.31. The van der Waals surface area contributed by atoms with Crippen LogP contribution in [0.25, 0.3) is 11.3 Å². The van der Waals surface area contributed by atoms with E-state index in [1.54, 1.807) is 0 Å². The molecule has 1 heterocycles. The molecule has 0 aliphatic carbocycles. The van der Waals surface area contributed by atoms with Crippen molar-refractivity contribution in [2.45, 2.75) is 6.92 Å². The van der Waals surface area contributed by atoms with Crippen molar-refractivity contribution in [1.29, 1.82) is 0 Å². The molecule has 0 radical (unpaired) electrons. The Kier molecular flexibility index (Phi) is 5.98. The largest absolute Gasteiger partial charge is 0.483 e. The van der Waals surface area contributed by atoms with E-state index < -0.39 is 11.7 Å². The van der Waals surface area contributed by atoms with E-state index in [-0.39, 0.29) is 12.4 Å². The van der Waals surface area contributed by atoms with Crippen molar-refractivity contribution in [2.75, 3.05) is 11.9 Å². The summed E-state index contributed by atoms with van der Waals surface area (Å²) in [6.45, 7) is 1.18. The molecule has 0 aliphatic rings. The molecular weight excluding hydrogens is 435 g/mol. The Balaban J connectivity index is 1.71. The fraction of sp³-hybridized carbons (Fsp3) is 0.105. The second kappa shape index (κ2) is 8.41. The van der Waals surface area contributed by atoms with Crippen molar-refractivity contribution in [3.63, 3.8) is 0 Å². The molecule has 0 fully saturated rings. The average molecular weight is 449 g/mol. The number of nitrogens with zero attached hydrogens (tertiary/aromatic N) is 1. The van der Waals surface area contributed by atoms with Gasteiger partial charge in [-0.2, -0.15) is 0 Å². The highest BCUT2D eigenvalue weighted by atomic mass is 79.9. The van der Waals surface area contributed by atoms with Gasteiger partial charge < -0.3 is 4.74 Å². The molecule has 0 saturated heterocycles. The van der Waals surface area contributed by atoms with Crippen LogP contribution in [0.1, 0.15) is 16.6 Å². The number of aromatic nitrogens is 1. The summed E-state index contributed by atoms with van der Waals surface area (Å²) in [6, 6.07) is 13.2. The molecule has 3 rings (SSSR count). The number of benzene rings is 2. The maximum Gasteiger partial charge on any atom is 0.264 e. The molecule has 1 aromatic heterocycles. The lowest BCUT2D eigenvalue weighted by molar-refractivity contribution is -0.118. The summed E-state index contributed by atoms with van der Waals surface area (Å²) in [5.41, 5.74) is 1.33. The van der Waals surface area contributed by atoms with Crippen LogP contribution in [0.2, 0.25) is 0 Å². The molecule has 3 aromatic rings. The number of hydrogen-bond acceptors (Lipinski definition) is 5. The smallest absolute Gasteiger partial charge is 0.264 e. The minimum atomic E-state index is -0.435. The molecule has 2 aromatic carbocycles. The Morgan fingerprint density at radius 1 is 1.22 bits per heavy atom. The third-order valence-electron chi connectivity index (χ3n) is 3.49. The molecule has 0 unspecified atom stereocenters. The number of anilines is 1. The van der Waals surface area contributed by atoms with E-state index in [4.69, 9.17) is 4.74 Å². The van der Waals surface area contributed by atoms with E-state index in [9.17, 15) is 14.0 Å². The first-order valence-corrected chi connectivity index (χ1v) is 9.50. The third-order valence-corrected chi connectivity index (χ3v) is 5.18. The Bertz CT molecular complexity index is 992. The first kappa shape index (κ1) is 19.2. The number of halogens is 2. The van der Waals surface area contributed by atoms with Gasteiger partial charge in [0.25, 0.3) is 5.91 Å². The maximum atomic E-state index is 13.1. The van der Waals surface area contributed by atoms with Gasteiger partial charge in [0.05, 0.1) is 15.0 Å². The van der Waals surface area contributed by atoms with E-state index >= 15 is 0 Å². The number of ether oxygens (including phenoxy) is 1. The summed E-state index contributed by atoms with van der Waals surface area (Å²) < 4.78 is 18.9. The van der Waals surface area contributed by atoms with Crippen molar-refractivity contribution in [2.24, 2.45) is 0 Å². The number of carbonyl (C=O) groups excluding carboxylic acids is 2. The van der Waals surface area contributed by atoms with E-state index in [2.05, 4.69) is 26.2 Å². The molecule has 27 heavy (non-hydrogen) atoms. The zero-order chi connectivity index (χ0) is 19.4. The molecule has 5 nitrogen and oxygen atoms in total. The van der Waals surface area contributed by atoms with Crippen molar-refractivity contribution < 1.29 is 18.7 Å². The molecule has 138 valence electrons. The van der Waals surface area contributed by atoms with E-state index in [1.165, 1.54) is 25.1 Å². The van der Waals surface area contributed by atoms with Crippen LogP contribution in [0.4, 0.5) is 9.52 Å². The Morgan fingerprint density at radius 2 is 1.96 bits per heavy atom. The monoisotopic (exact) mass is 448 g/mol. The Morgan fingerprint density at radius 3 is 2.63 bits per heavy atom. The van der Waals surface area contributed by atoms with Gasteiger partial charge in [-0.3, -0.25) is 14.9 Å². The van der Waals surface area contributed by atoms with Gasteiger partial charge in [0.15, 0.2) is 17.5 Å². The number of carbonyl (C=O) groups is 2. The van der Waals surface area contributed by atoms with Gasteiger partial charge in [-0.05, 0) is 34.1 Å². The summed E-state index contributed by atoms with van der Waals surface area (Å²) in [5, 5.41) is 2.94. The lowest BCUT2D eigenvalue weighted by Gasteiger charge is -2.07. The number of Topliss-reactive ketones (excluding diaryl/α,β-unsaturated/α-hetero) is 1. The number of hydrogen-bond donors (Lipinski definition) is 1. The van der Waals surface area contributed by atoms with E-state index in [1.807, 2.05) is 30.3 Å². The highest BCUT2D eigenvalue weighted by Gasteiger charge is 2.18.